The number of benzene rings is 2. The number of aromatic nitrogens is 1. The summed E-state index contributed by atoms with van der Waals surface area (Å²) >= 11 is 1.47. The number of halogens is 1. The molecule has 1 amide bonds. The summed E-state index contributed by atoms with van der Waals surface area (Å²) < 4.78 is 13.5. The summed E-state index contributed by atoms with van der Waals surface area (Å²) in [4.78, 5) is 20.9. The second-order valence-electron chi connectivity index (χ2n) is 7.40. The van der Waals surface area contributed by atoms with Gasteiger partial charge in [0.1, 0.15) is 16.5 Å². The number of rotatable bonds is 4. The largest absolute Gasteiger partial charge is 0.333 e. The van der Waals surface area contributed by atoms with E-state index < -0.39 is 0 Å². The fourth-order valence-corrected chi connectivity index (χ4v) is 4.99. The van der Waals surface area contributed by atoms with Gasteiger partial charge >= 0.3 is 0 Å². The Morgan fingerprint density at radius 1 is 1.21 bits per heavy atom. The Bertz CT molecular complexity index is 1020. The topological polar surface area (TPSA) is 59.2 Å². The van der Waals surface area contributed by atoms with Crippen LogP contribution in [-0.4, -0.2) is 34.9 Å². The van der Waals surface area contributed by atoms with Crippen LogP contribution in [-0.2, 0) is 0 Å². The maximum absolute atomic E-state index is 13.5. The number of aryl methyl sites for hydroxylation is 1. The molecule has 1 fully saturated rings. The highest BCUT2D eigenvalue weighted by Crippen LogP contribution is 2.38. The summed E-state index contributed by atoms with van der Waals surface area (Å²) in [7, 11) is 0. The molecule has 0 saturated carbocycles. The Morgan fingerprint density at radius 3 is 2.69 bits per heavy atom. The molecule has 6 heteroatoms. The highest BCUT2D eigenvalue weighted by atomic mass is 32.1. The number of hydrogen-bond donors (Lipinski definition) is 1. The van der Waals surface area contributed by atoms with Gasteiger partial charge in [0.15, 0.2) is 0 Å². The van der Waals surface area contributed by atoms with E-state index in [1.165, 1.54) is 23.5 Å². The van der Waals surface area contributed by atoms with E-state index in [1.807, 2.05) is 36.1 Å². The van der Waals surface area contributed by atoms with Gasteiger partial charge in [0, 0.05) is 24.7 Å². The summed E-state index contributed by atoms with van der Waals surface area (Å²) in [6.45, 7) is 3.18. The van der Waals surface area contributed by atoms with Gasteiger partial charge < -0.3 is 10.6 Å². The van der Waals surface area contributed by atoms with Crippen LogP contribution in [0.1, 0.15) is 35.3 Å². The van der Waals surface area contributed by atoms with E-state index >= 15 is 0 Å². The molecule has 4 rings (SSSR count). The molecule has 3 aromatic rings. The number of piperidine rings is 1. The number of nitrogens with zero attached hydrogens (tertiary/aromatic N) is 2. The number of amides is 1. The lowest BCUT2D eigenvalue weighted by molar-refractivity contribution is 0.0619. The number of carbonyl (C=O) groups is 1. The normalized spacial score (nSPS) is 16.8. The molecule has 150 valence electrons. The van der Waals surface area contributed by atoms with Crippen molar-refractivity contribution < 1.29 is 9.18 Å². The van der Waals surface area contributed by atoms with Crippen LogP contribution in [0.25, 0.3) is 21.0 Å². The second kappa shape index (κ2) is 8.43. The quantitative estimate of drug-likeness (QED) is 0.668. The van der Waals surface area contributed by atoms with Crippen molar-refractivity contribution in [3.05, 3.63) is 65.6 Å². The standard InChI is InChI=1S/C23H24FN3OS/c1-15-6-2-3-8-19(15)22-26-20(21(29-22)16-9-11-17(24)12-10-16)23(28)27-13-5-4-7-18(27)14-25/h2-3,6,8-12,18H,4-5,7,13-14,25H2,1H3. The minimum Gasteiger partial charge on any atom is -0.333 e. The van der Waals surface area contributed by atoms with Crippen molar-refractivity contribution in [3.63, 3.8) is 0 Å². The molecule has 2 N–H and O–H groups in total. The summed E-state index contributed by atoms with van der Waals surface area (Å²) in [6.07, 6.45) is 2.98. The van der Waals surface area contributed by atoms with Crippen molar-refractivity contribution in [1.82, 2.24) is 9.88 Å². The van der Waals surface area contributed by atoms with E-state index in [9.17, 15) is 9.18 Å². The molecule has 2 heterocycles. The van der Waals surface area contributed by atoms with Crippen LogP contribution in [0.15, 0.2) is 48.5 Å². The van der Waals surface area contributed by atoms with Gasteiger partial charge in [-0.1, -0.05) is 36.4 Å². The third-order valence-electron chi connectivity index (χ3n) is 5.47. The Kier molecular flexibility index (Phi) is 5.74. The highest BCUT2D eigenvalue weighted by molar-refractivity contribution is 7.18. The first-order valence-corrected chi connectivity index (χ1v) is 10.7. The minimum absolute atomic E-state index is 0.0425. The predicted octanol–water partition coefficient (Wildman–Crippen LogP) is 4.88. The zero-order chi connectivity index (χ0) is 20.4. The fourth-order valence-electron chi connectivity index (χ4n) is 3.84. The summed E-state index contributed by atoms with van der Waals surface area (Å²) in [5, 5.41) is 0.798. The number of carbonyl (C=O) groups excluding carboxylic acids is 1. The molecule has 0 spiro atoms. The maximum atomic E-state index is 13.5. The molecule has 1 unspecified atom stereocenters. The van der Waals surface area contributed by atoms with Crippen LogP contribution >= 0.6 is 11.3 Å². The highest BCUT2D eigenvalue weighted by Gasteiger charge is 2.30. The lowest BCUT2D eigenvalue weighted by Gasteiger charge is -2.34. The van der Waals surface area contributed by atoms with E-state index in [-0.39, 0.29) is 17.8 Å². The molecule has 0 bridgehead atoms. The Balaban J connectivity index is 1.81. The van der Waals surface area contributed by atoms with E-state index in [1.54, 1.807) is 12.1 Å². The molecule has 2 aromatic carbocycles. The molecule has 1 saturated heterocycles. The monoisotopic (exact) mass is 409 g/mol. The Labute approximate surface area is 174 Å². The first kappa shape index (κ1) is 19.7. The first-order valence-electron chi connectivity index (χ1n) is 9.92. The smallest absolute Gasteiger partial charge is 0.274 e. The molecule has 4 nitrogen and oxygen atoms in total. The Morgan fingerprint density at radius 2 is 1.97 bits per heavy atom. The predicted molar refractivity (Wildman–Crippen MR) is 115 cm³/mol. The van der Waals surface area contributed by atoms with Crippen molar-refractivity contribution in [2.24, 2.45) is 5.73 Å². The van der Waals surface area contributed by atoms with Gasteiger partial charge in [-0.15, -0.1) is 11.3 Å². The molecule has 1 aromatic heterocycles. The van der Waals surface area contributed by atoms with Gasteiger partial charge in [-0.25, -0.2) is 9.37 Å². The van der Waals surface area contributed by atoms with Gasteiger partial charge in [0.2, 0.25) is 0 Å². The first-order chi connectivity index (χ1) is 14.1. The molecule has 1 atom stereocenters. The molecule has 0 aliphatic carbocycles. The van der Waals surface area contributed by atoms with Gasteiger partial charge in [-0.3, -0.25) is 4.79 Å². The van der Waals surface area contributed by atoms with Crippen LogP contribution in [0.2, 0.25) is 0 Å². The number of nitrogens with two attached hydrogens (primary N) is 1. The van der Waals surface area contributed by atoms with E-state index in [0.29, 0.717) is 18.8 Å². The van der Waals surface area contributed by atoms with Crippen LogP contribution in [0.4, 0.5) is 4.39 Å². The van der Waals surface area contributed by atoms with Crippen LogP contribution in [0.3, 0.4) is 0 Å². The summed E-state index contributed by atoms with van der Waals surface area (Å²) in [5.41, 5.74) is 9.28. The van der Waals surface area contributed by atoms with Crippen molar-refractivity contribution in [2.45, 2.75) is 32.2 Å². The molecule has 1 aliphatic heterocycles. The number of likely N-dealkylation sites (tertiary alicyclic amines) is 1. The summed E-state index contributed by atoms with van der Waals surface area (Å²) in [5.74, 6) is -0.389. The number of hydrogen-bond acceptors (Lipinski definition) is 4. The average molecular weight is 410 g/mol. The van der Waals surface area contributed by atoms with Gasteiger partial charge in [0.05, 0.1) is 4.88 Å². The third-order valence-corrected chi connectivity index (χ3v) is 6.61. The van der Waals surface area contributed by atoms with Crippen LogP contribution in [0, 0.1) is 12.7 Å². The zero-order valence-electron chi connectivity index (χ0n) is 16.4. The van der Waals surface area contributed by atoms with Crippen molar-refractivity contribution >= 4 is 17.2 Å². The van der Waals surface area contributed by atoms with Gasteiger partial charge in [-0.05, 0) is 49.4 Å². The van der Waals surface area contributed by atoms with E-state index in [4.69, 9.17) is 10.7 Å². The maximum Gasteiger partial charge on any atom is 0.274 e. The van der Waals surface area contributed by atoms with Crippen LogP contribution in [0.5, 0.6) is 0 Å². The lowest BCUT2D eigenvalue weighted by Crippen LogP contribution is -2.47. The molecule has 29 heavy (non-hydrogen) atoms. The second-order valence-corrected chi connectivity index (χ2v) is 8.40. The van der Waals surface area contributed by atoms with Crippen molar-refractivity contribution in [3.8, 4) is 21.0 Å². The molecule has 1 aliphatic rings. The fraction of sp³-hybridized carbons (Fsp3) is 0.304. The van der Waals surface area contributed by atoms with E-state index in [2.05, 4.69) is 0 Å². The Hall–Kier alpha value is -2.57. The minimum atomic E-state index is -0.301. The zero-order valence-corrected chi connectivity index (χ0v) is 17.2. The average Bonchev–Trinajstić information content (AvgIpc) is 3.19. The third kappa shape index (κ3) is 3.95. The van der Waals surface area contributed by atoms with Crippen molar-refractivity contribution in [1.29, 1.82) is 0 Å². The molecule has 0 radical (unpaired) electrons. The van der Waals surface area contributed by atoms with Crippen LogP contribution < -0.4 is 5.73 Å². The van der Waals surface area contributed by atoms with Gasteiger partial charge in [-0.2, -0.15) is 0 Å². The molecular formula is C23H24FN3OS. The van der Waals surface area contributed by atoms with Gasteiger partial charge in [0.25, 0.3) is 5.91 Å². The van der Waals surface area contributed by atoms with E-state index in [0.717, 1.165) is 45.8 Å². The molecular weight excluding hydrogens is 385 g/mol. The summed E-state index contributed by atoms with van der Waals surface area (Å²) in [6, 6.07) is 14.3. The van der Waals surface area contributed by atoms with Crippen molar-refractivity contribution in [2.75, 3.05) is 13.1 Å². The number of thiazole rings is 1. The lowest BCUT2D eigenvalue weighted by atomic mass is 10.0. The SMILES string of the molecule is Cc1ccccc1-c1nc(C(=O)N2CCCCC2CN)c(-c2ccc(F)cc2)s1.